The molecule has 2 aromatic heterocycles. The molecule has 0 aliphatic carbocycles. The molecule has 18 heteroatoms. The van der Waals surface area contributed by atoms with E-state index < -0.39 is 80.4 Å². The molecule has 0 saturated heterocycles. The topological polar surface area (TPSA) is 103 Å². The number of sulfone groups is 1. The van der Waals surface area contributed by atoms with Gasteiger partial charge >= 0.3 is 18.5 Å². The average molecular weight is 626 g/mol. The lowest BCUT2D eigenvalue weighted by molar-refractivity contribution is -0.158. The van der Waals surface area contributed by atoms with Crippen molar-refractivity contribution >= 4 is 27.1 Å². The third-order valence-corrected chi connectivity index (χ3v) is 6.61. The number of nitrogens with one attached hydrogen (secondary N) is 1. The van der Waals surface area contributed by atoms with E-state index in [2.05, 4.69) is 20.1 Å². The molecule has 0 saturated carbocycles. The monoisotopic (exact) mass is 626 g/mol. The maximum absolute atomic E-state index is 13.9. The fraction of sp³-hybridized carbons (Fsp3) is 0.208. The molecule has 1 amide bonds. The largest absolute Gasteiger partial charge is 0.483 e. The molecule has 0 unspecified atom stereocenters. The molecule has 0 aliphatic rings. The van der Waals surface area contributed by atoms with Crippen LogP contribution in [0, 0.1) is 0 Å². The van der Waals surface area contributed by atoms with Crippen molar-refractivity contribution in [3.8, 4) is 17.0 Å². The van der Waals surface area contributed by atoms with Crippen molar-refractivity contribution < 1.29 is 57.5 Å². The number of rotatable bonds is 6. The first-order chi connectivity index (χ1) is 19.2. The van der Waals surface area contributed by atoms with Crippen molar-refractivity contribution in [1.29, 1.82) is 0 Å². The Morgan fingerprint density at radius 2 is 1.64 bits per heavy atom. The number of aromatic nitrogens is 3. The van der Waals surface area contributed by atoms with Gasteiger partial charge in [-0.3, -0.25) is 4.79 Å². The predicted octanol–water partition coefficient (Wildman–Crippen LogP) is 6.03. The summed E-state index contributed by atoms with van der Waals surface area (Å²) in [6.45, 7) is -2.12. The molecule has 8 nitrogen and oxygen atoms in total. The Kier molecular flexibility index (Phi) is 7.64. The first-order valence-electron chi connectivity index (χ1n) is 11.2. The number of carbonyl (C=O) groups is 1. The molecule has 4 aromatic rings. The van der Waals surface area contributed by atoms with E-state index in [1.165, 1.54) is 18.2 Å². The average Bonchev–Trinajstić information content (AvgIpc) is 3.29. The summed E-state index contributed by atoms with van der Waals surface area (Å²) in [5.41, 5.74) is -5.62. The van der Waals surface area contributed by atoms with Gasteiger partial charge in [0.25, 0.3) is 5.91 Å². The molecule has 0 atom stereocenters. The van der Waals surface area contributed by atoms with Crippen LogP contribution < -0.4 is 10.1 Å². The number of hydrogen-bond acceptors (Lipinski definition) is 6. The number of carbonyl (C=O) groups excluding carboxylic acids is 1. The van der Waals surface area contributed by atoms with Crippen molar-refractivity contribution in [2.75, 3.05) is 18.2 Å². The highest BCUT2D eigenvalue weighted by Gasteiger charge is 2.38. The minimum Gasteiger partial charge on any atom is -0.483 e. The summed E-state index contributed by atoms with van der Waals surface area (Å²) in [5.74, 6) is -2.39. The van der Waals surface area contributed by atoms with Crippen molar-refractivity contribution in [3.63, 3.8) is 0 Å². The van der Waals surface area contributed by atoms with Gasteiger partial charge in [-0.05, 0) is 36.4 Å². The lowest BCUT2D eigenvalue weighted by Gasteiger charge is -2.17. The van der Waals surface area contributed by atoms with E-state index in [1.54, 1.807) is 0 Å². The van der Waals surface area contributed by atoms with Crippen molar-refractivity contribution in [2.24, 2.45) is 0 Å². The Balaban J connectivity index is 1.83. The number of hydrogen-bond donors (Lipinski definition) is 1. The number of nitrogens with zero attached hydrogens (tertiary/aromatic N) is 3. The van der Waals surface area contributed by atoms with Gasteiger partial charge in [0, 0.05) is 17.5 Å². The Hall–Kier alpha value is -4.35. The Labute approximate surface area is 229 Å². The van der Waals surface area contributed by atoms with Crippen molar-refractivity contribution in [3.05, 3.63) is 71.5 Å². The van der Waals surface area contributed by atoms with Gasteiger partial charge in [-0.15, -0.1) is 0 Å². The maximum atomic E-state index is 13.9. The fourth-order valence-electron chi connectivity index (χ4n) is 3.67. The van der Waals surface area contributed by atoms with Crippen LogP contribution in [0.1, 0.15) is 21.6 Å². The highest BCUT2D eigenvalue weighted by atomic mass is 32.2. The van der Waals surface area contributed by atoms with E-state index in [-0.39, 0.29) is 15.1 Å². The van der Waals surface area contributed by atoms with Crippen LogP contribution in [0.15, 0.2) is 59.6 Å². The lowest BCUT2D eigenvalue weighted by Crippen LogP contribution is -2.21. The first-order valence-corrected chi connectivity index (χ1v) is 13.1. The predicted molar refractivity (Wildman–Crippen MR) is 127 cm³/mol. The van der Waals surface area contributed by atoms with E-state index in [1.807, 2.05) is 0 Å². The van der Waals surface area contributed by atoms with Gasteiger partial charge in [-0.25, -0.2) is 17.9 Å². The summed E-state index contributed by atoms with van der Waals surface area (Å²) in [4.78, 5) is 16.7. The number of ether oxygens (including phenoxy) is 1. The van der Waals surface area contributed by atoms with Crippen LogP contribution in [-0.4, -0.2) is 48.0 Å². The van der Waals surface area contributed by atoms with Crippen LogP contribution in [0.2, 0.25) is 0 Å². The molecule has 2 aromatic carbocycles. The summed E-state index contributed by atoms with van der Waals surface area (Å²) in [6.07, 6.45) is -13.7. The molecule has 42 heavy (non-hydrogen) atoms. The van der Waals surface area contributed by atoms with Gasteiger partial charge in [-0.1, -0.05) is 12.1 Å². The molecule has 0 radical (unpaired) electrons. The number of amides is 1. The number of halogens is 9. The Morgan fingerprint density at radius 3 is 2.24 bits per heavy atom. The normalized spacial score (nSPS) is 12.9. The number of anilines is 1. The van der Waals surface area contributed by atoms with E-state index >= 15 is 0 Å². The number of fused-ring (bicyclic) bond motifs is 1. The molecule has 0 aliphatic heterocycles. The molecule has 2 heterocycles. The minimum atomic E-state index is -5.17. The van der Waals surface area contributed by atoms with E-state index in [9.17, 15) is 52.7 Å². The van der Waals surface area contributed by atoms with Crippen LogP contribution in [0.5, 0.6) is 5.75 Å². The Morgan fingerprint density at radius 1 is 0.952 bits per heavy atom. The zero-order chi connectivity index (χ0) is 31.3. The molecule has 0 bridgehead atoms. The van der Waals surface area contributed by atoms with Crippen molar-refractivity contribution in [2.45, 2.75) is 23.4 Å². The Bertz CT molecular complexity index is 1780. The summed E-state index contributed by atoms with van der Waals surface area (Å²) in [5, 5.41) is 5.84. The molecule has 1 N–H and O–H groups in total. The molecule has 4 rings (SSSR count). The highest BCUT2D eigenvalue weighted by Crippen LogP contribution is 2.40. The van der Waals surface area contributed by atoms with E-state index in [0.29, 0.717) is 24.3 Å². The smallest absolute Gasteiger partial charge is 0.433 e. The first kappa shape index (κ1) is 30.6. The second-order valence-corrected chi connectivity index (χ2v) is 10.7. The number of alkyl halides is 9. The number of benzene rings is 2. The lowest BCUT2D eigenvalue weighted by atomic mass is 10.1. The molecule has 0 spiro atoms. The van der Waals surface area contributed by atoms with Gasteiger partial charge in [-0.2, -0.15) is 44.6 Å². The van der Waals surface area contributed by atoms with Crippen LogP contribution in [0.3, 0.4) is 0 Å². The maximum Gasteiger partial charge on any atom is 0.433 e. The zero-order valence-corrected chi connectivity index (χ0v) is 21.5. The molecular weight excluding hydrogens is 611 g/mol. The summed E-state index contributed by atoms with van der Waals surface area (Å²) in [7, 11) is -3.68. The summed E-state index contributed by atoms with van der Waals surface area (Å²) in [6, 6.07) is 6.73. The van der Waals surface area contributed by atoms with Gasteiger partial charge in [0.05, 0.1) is 22.3 Å². The fourth-order valence-corrected chi connectivity index (χ4v) is 4.34. The van der Waals surface area contributed by atoms with E-state index in [4.69, 9.17) is 0 Å². The van der Waals surface area contributed by atoms with Gasteiger partial charge < -0.3 is 10.1 Å². The van der Waals surface area contributed by atoms with Gasteiger partial charge in [0.15, 0.2) is 27.8 Å². The SMILES string of the molecule is CS(=O)(=O)c1cccc(NC(=O)c2cnn3c(C(F)(F)F)cc(-c4ccc(C(F)(F)F)c(OCC(F)(F)F)c4)nc23)c1. The van der Waals surface area contributed by atoms with Crippen LogP contribution in [0.25, 0.3) is 16.9 Å². The van der Waals surface area contributed by atoms with Crippen LogP contribution in [0.4, 0.5) is 45.2 Å². The van der Waals surface area contributed by atoms with E-state index in [0.717, 1.165) is 18.5 Å². The third-order valence-electron chi connectivity index (χ3n) is 5.50. The van der Waals surface area contributed by atoms with Crippen LogP contribution in [-0.2, 0) is 22.2 Å². The summed E-state index contributed by atoms with van der Waals surface area (Å²) >= 11 is 0. The molecule has 0 fully saturated rings. The van der Waals surface area contributed by atoms with Gasteiger partial charge in [0.1, 0.15) is 11.3 Å². The standard InChI is InChI=1S/C24H15F9N4O4S/c1-42(39,40)14-4-2-3-13(8-14)35-21(38)15-10-34-37-19(24(31,32)33)9-17(36-20(15)37)12-5-6-16(23(28,29)30)18(7-12)41-11-22(25,26)27/h2-10H,11H2,1H3,(H,35,38). The molecule has 224 valence electrons. The highest BCUT2D eigenvalue weighted by molar-refractivity contribution is 7.90. The third kappa shape index (κ3) is 6.75. The minimum absolute atomic E-state index is 0.0522. The second kappa shape index (κ2) is 10.5. The summed E-state index contributed by atoms with van der Waals surface area (Å²) < 4.78 is 148. The second-order valence-electron chi connectivity index (χ2n) is 8.68. The van der Waals surface area contributed by atoms with Crippen LogP contribution >= 0.6 is 0 Å². The van der Waals surface area contributed by atoms with Crippen molar-refractivity contribution in [1.82, 2.24) is 14.6 Å². The zero-order valence-electron chi connectivity index (χ0n) is 20.7. The quantitative estimate of drug-likeness (QED) is 0.262. The molecular formula is C24H15F9N4O4S. The van der Waals surface area contributed by atoms with Gasteiger partial charge in [0.2, 0.25) is 0 Å².